The molecule has 3 amide bonds. The zero-order chi connectivity index (χ0) is 24.7. The van der Waals surface area contributed by atoms with E-state index in [-0.39, 0.29) is 29.6 Å². The van der Waals surface area contributed by atoms with Gasteiger partial charge in [0.1, 0.15) is 17.5 Å². The maximum Gasteiger partial charge on any atom is 0.268 e. The zero-order valence-electron chi connectivity index (χ0n) is 20.3. The minimum absolute atomic E-state index is 0.0104. The van der Waals surface area contributed by atoms with Gasteiger partial charge in [-0.3, -0.25) is 19.4 Å². The highest BCUT2D eigenvalue weighted by molar-refractivity contribution is 6.01. The molecule has 1 aliphatic rings. The molecule has 4 N–H and O–H groups in total. The lowest BCUT2D eigenvalue weighted by atomic mass is 9.91. The molecule has 9 heteroatoms. The standard InChI is InChI=1S/C25H35N5O4/c1-15(2)11-20(24(32)28-17(14-26-3)12-16-7-6-10-27-23(16)31)30-25(33)21-13-18-19(29-21)8-5-9-22(18)34-4/h5,8-9,13-17,20,29H,6-7,10-12H2,1-4H3,(H,27,31)(H,28,32)(H,30,33)/b26-14-. The van der Waals surface area contributed by atoms with Crippen LogP contribution in [0.2, 0.25) is 0 Å². The second-order valence-corrected chi connectivity index (χ2v) is 9.15. The number of nitrogens with one attached hydrogen (secondary N) is 4. The van der Waals surface area contributed by atoms with Gasteiger partial charge in [-0.2, -0.15) is 0 Å². The first-order valence-electron chi connectivity index (χ1n) is 11.8. The largest absolute Gasteiger partial charge is 0.496 e. The summed E-state index contributed by atoms with van der Waals surface area (Å²) < 4.78 is 5.37. The number of methoxy groups -OCH3 is 1. The summed E-state index contributed by atoms with van der Waals surface area (Å²) in [6.07, 6.45) is 4.30. The summed E-state index contributed by atoms with van der Waals surface area (Å²) >= 11 is 0. The van der Waals surface area contributed by atoms with Crippen molar-refractivity contribution in [2.24, 2.45) is 16.8 Å². The Hall–Kier alpha value is -3.36. The molecule has 34 heavy (non-hydrogen) atoms. The summed E-state index contributed by atoms with van der Waals surface area (Å²) in [6, 6.07) is 6.14. The van der Waals surface area contributed by atoms with E-state index in [0.717, 1.165) is 23.7 Å². The van der Waals surface area contributed by atoms with Gasteiger partial charge < -0.3 is 25.7 Å². The minimum atomic E-state index is -0.728. The second kappa shape index (κ2) is 11.7. The van der Waals surface area contributed by atoms with Crippen molar-refractivity contribution in [3.63, 3.8) is 0 Å². The lowest BCUT2D eigenvalue weighted by molar-refractivity contribution is -0.128. The van der Waals surface area contributed by atoms with Crippen molar-refractivity contribution >= 4 is 34.8 Å². The first kappa shape index (κ1) is 25.3. The van der Waals surface area contributed by atoms with Crippen LogP contribution in [0, 0.1) is 11.8 Å². The molecule has 9 nitrogen and oxygen atoms in total. The minimum Gasteiger partial charge on any atom is -0.496 e. The van der Waals surface area contributed by atoms with Gasteiger partial charge in [0.25, 0.3) is 5.91 Å². The third-order valence-corrected chi connectivity index (χ3v) is 6.01. The molecular formula is C25H35N5O4. The highest BCUT2D eigenvalue weighted by Gasteiger charge is 2.29. The first-order valence-corrected chi connectivity index (χ1v) is 11.8. The Morgan fingerprint density at radius 3 is 2.76 bits per heavy atom. The van der Waals surface area contributed by atoms with E-state index < -0.39 is 12.1 Å². The molecule has 1 aliphatic heterocycles. The molecule has 0 spiro atoms. The number of aromatic nitrogens is 1. The van der Waals surface area contributed by atoms with Crippen LogP contribution < -0.4 is 20.7 Å². The van der Waals surface area contributed by atoms with Gasteiger partial charge in [-0.05, 0) is 49.8 Å². The Morgan fingerprint density at radius 2 is 2.09 bits per heavy atom. The Kier molecular flexibility index (Phi) is 8.67. The number of rotatable bonds is 10. The third-order valence-electron chi connectivity index (χ3n) is 6.01. The van der Waals surface area contributed by atoms with Gasteiger partial charge in [-0.25, -0.2) is 0 Å². The molecule has 1 aromatic heterocycles. The van der Waals surface area contributed by atoms with Gasteiger partial charge in [-0.15, -0.1) is 0 Å². The number of fused-ring (bicyclic) bond motifs is 1. The average molecular weight is 470 g/mol. The molecule has 2 heterocycles. The molecule has 0 aliphatic carbocycles. The van der Waals surface area contributed by atoms with Crippen molar-refractivity contribution in [3.05, 3.63) is 30.0 Å². The lowest BCUT2D eigenvalue weighted by Gasteiger charge is -2.27. The van der Waals surface area contributed by atoms with Crippen molar-refractivity contribution in [3.8, 4) is 5.75 Å². The smallest absolute Gasteiger partial charge is 0.268 e. The predicted octanol–water partition coefficient (Wildman–Crippen LogP) is 2.42. The molecule has 0 saturated carbocycles. The van der Waals surface area contributed by atoms with Crippen molar-refractivity contribution in [1.82, 2.24) is 20.9 Å². The predicted molar refractivity (Wildman–Crippen MR) is 132 cm³/mol. The summed E-state index contributed by atoms with van der Waals surface area (Å²) in [5.74, 6) is 0.0232. The monoisotopic (exact) mass is 469 g/mol. The first-order chi connectivity index (χ1) is 16.3. The van der Waals surface area contributed by atoms with Crippen molar-refractivity contribution < 1.29 is 19.1 Å². The van der Waals surface area contributed by atoms with Gasteiger partial charge in [0.2, 0.25) is 11.8 Å². The van der Waals surface area contributed by atoms with Gasteiger partial charge in [-0.1, -0.05) is 19.9 Å². The summed E-state index contributed by atoms with van der Waals surface area (Å²) in [4.78, 5) is 45.6. The van der Waals surface area contributed by atoms with E-state index in [2.05, 4.69) is 25.9 Å². The quantitative estimate of drug-likeness (QED) is 0.399. The molecular weight excluding hydrogens is 434 g/mol. The molecule has 184 valence electrons. The van der Waals surface area contributed by atoms with E-state index in [1.165, 1.54) is 0 Å². The number of nitrogens with zero attached hydrogens (tertiary/aromatic N) is 1. The number of aliphatic imine (C=N–C) groups is 1. The summed E-state index contributed by atoms with van der Waals surface area (Å²) in [6.45, 7) is 4.69. The SMILES string of the molecule is C/N=C\C(CC1CCCNC1=O)NC(=O)C(CC(C)C)NC(=O)c1cc2c(OC)cccc2[nH]1. The molecule has 3 unspecified atom stereocenters. The number of H-pyrrole nitrogens is 1. The Labute approximate surface area is 200 Å². The van der Waals surface area contributed by atoms with Crippen LogP contribution >= 0.6 is 0 Å². The highest BCUT2D eigenvalue weighted by Crippen LogP contribution is 2.26. The van der Waals surface area contributed by atoms with Gasteiger partial charge in [0.05, 0.1) is 13.2 Å². The molecule has 1 fully saturated rings. The number of piperidine rings is 1. The van der Waals surface area contributed by atoms with Crippen LogP contribution in [0.5, 0.6) is 5.75 Å². The summed E-state index contributed by atoms with van der Waals surface area (Å²) in [7, 11) is 3.22. The molecule has 1 saturated heterocycles. The van der Waals surface area contributed by atoms with Crippen LogP contribution in [0.3, 0.4) is 0 Å². The van der Waals surface area contributed by atoms with Gasteiger partial charge in [0.15, 0.2) is 0 Å². The molecule has 0 radical (unpaired) electrons. The van der Waals surface area contributed by atoms with Crippen molar-refractivity contribution in [1.29, 1.82) is 0 Å². The van der Waals surface area contributed by atoms with Crippen LogP contribution in [0.25, 0.3) is 10.9 Å². The maximum absolute atomic E-state index is 13.2. The Balaban J connectivity index is 1.72. The van der Waals surface area contributed by atoms with Crippen LogP contribution in [-0.2, 0) is 9.59 Å². The summed E-state index contributed by atoms with van der Waals surface area (Å²) in [5, 5.41) is 9.53. The van der Waals surface area contributed by atoms with E-state index in [4.69, 9.17) is 4.74 Å². The molecule has 2 aromatic rings. The van der Waals surface area contributed by atoms with E-state index in [9.17, 15) is 14.4 Å². The number of hydrogen-bond donors (Lipinski definition) is 4. The maximum atomic E-state index is 13.2. The number of ether oxygens (including phenoxy) is 1. The number of amides is 3. The van der Waals surface area contributed by atoms with Crippen molar-refractivity contribution in [2.45, 2.75) is 51.6 Å². The fraction of sp³-hybridized carbons (Fsp3) is 0.520. The fourth-order valence-electron chi connectivity index (χ4n) is 4.35. The molecule has 0 bridgehead atoms. The second-order valence-electron chi connectivity index (χ2n) is 9.15. The number of carbonyl (C=O) groups is 3. The van der Waals surface area contributed by atoms with Crippen LogP contribution in [0.1, 0.15) is 50.0 Å². The van der Waals surface area contributed by atoms with Gasteiger partial charge in [0, 0.05) is 36.6 Å². The van der Waals surface area contributed by atoms with E-state index in [0.29, 0.717) is 30.8 Å². The van der Waals surface area contributed by atoms with E-state index >= 15 is 0 Å². The number of benzene rings is 1. The highest BCUT2D eigenvalue weighted by atomic mass is 16.5. The van der Waals surface area contributed by atoms with E-state index in [1.807, 2.05) is 32.0 Å². The van der Waals surface area contributed by atoms with Crippen molar-refractivity contribution in [2.75, 3.05) is 20.7 Å². The Morgan fingerprint density at radius 1 is 1.29 bits per heavy atom. The summed E-state index contributed by atoms with van der Waals surface area (Å²) in [5.41, 5.74) is 1.13. The lowest BCUT2D eigenvalue weighted by Crippen LogP contribution is -2.51. The number of carbonyl (C=O) groups excluding carboxylic acids is 3. The van der Waals surface area contributed by atoms with Crippen LogP contribution in [0.4, 0.5) is 0 Å². The topological polar surface area (TPSA) is 125 Å². The van der Waals surface area contributed by atoms with Crippen LogP contribution in [0.15, 0.2) is 29.3 Å². The molecule has 3 atom stereocenters. The normalized spacial score (nSPS) is 18.0. The molecule has 3 rings (SSSR count). The number of hydrogen-bond acceptors (Lipinski definition) is 5. The number of aromatic amines is 1. The average Bonchev–Trinajstić information content (AvgIpc) is 3.24. The van der Waals surface area contributed by atoms with Gasteiger partial charge >= 0.3 is 0 Å². The molecule has 1 aromatic carbocycles. The third kappa shape index (κ3) is 6.36. The zero-order valence-corrected chi connectivity index (χ0v) is 20.3. The Bertz CT molecular complexity index is 1050. The fourth-order valence-corrected chi connectivity index (χ4v) is 4.35. The van der Waals surface area contributed by atoms with Crippen LogP contribution in [-0.4, -0.2) is 61.7 Å². The van der Waals surface area contributed by atoms with E-state index in [1.54, 1.807) is 26.4 Å².